The Morgan fingerprint density at radius 2 is 2.31 bits per heavy atom. The molecule has 0 saturated carbocycles. The van der Waals surface area contributed by atoms with E-state index in [-0.39, 0.29) is 17.5 Å². The Kier molecular flexibility index (Phi) is 2.79. The van der Waals surface area contributed by atoms with Gasteiger partial charge in [-0.1, -0.05) is 32.4 Å². The fourth-order valence-electron chi connectivity index (χ4n) is 1.78. The Morgan fingerprint density at radius 1 is 1.69 bits per heavy atom. The van der Waals surface area contributed by atoms with E-state index in [1.807, 2.05) is 6.92 Å². The van der Waals surface area contributed by atoms with Gasteiger partial charge in [-0.3, -0.25) is 4.79 Å². The summed E-state index contributed by atoms with van der Waals surface area (Å²) in [5.74, 6) is -0.0961. The summed E-state index contributed by atoms with van der Waals surface area (Å²) in [6, 6.07) is 0. The van der Waals surface area contributed by atoms with Crippen LogP contribution < -0.4 is 0 Å². The Hall–Kier alpha value is -0.790. The molecule has 0 aliphatic heterocycles. The van der Waals surface area contributed by atoms with Crippen LogP contribution in [-0.4, -0.2) is 12.1 Å². The summed E-state index contributed by atoms with van der Waals surface area (Å²) >= 11 is 0. The molecule has 1 atom stereocenters. The van der Waals surface area contributed by atoms with Crippen LogP contribution in [0.15, 0.2) is 11.6 Å². The molecule has 2 heteroatoms. The predicted octanol–water partition coefficient (Wildman–Crippen LogP) is 2.68. The van der Waals surface area contributed by atoms with Crippen molar-refractivity contribution in [3.63, 3.8) is 0 Å². The summed E-state index contributed by atoms with van der Waals surface area (Å²) in [6.07, 6.45) is 3.59. The highest BCUT2D eigenvalue weighted by atomic mass is 16.5. The van der Waals surface area contributed by atoms with Gasteiger partial charge in [0.15, 0.2) is 0 Å². The molecule has 1 aliphatic carbocycles. The normalized spacial score (nSPS) is 25.5. The van der Waals surface area contributed by atoms with E-state index in [9.17, 15) is 4.79 Å². The zero-order valence-electron chi connectivity index (χ0n) is 8.89. The van der Waals surface area contributed by atoms with Crippen LogP contribution in [0, 0.1) is 5.41 Å². The van der Waals surface area contributed by atoms with Gasteiger partial charge in [0.05, 0.1) is 0 Å². The average Bonchev–Trinajstić information content (AvgIpc) is 2.24. The highest BCUT2D eigenvalue weighted by Crippen LogP contribution is 2.37. The Labute approximate surface area is 80.0 Å². The maximum atomic E-state index is 11.1. The fourth-order valence-corrected chi connectivity index (χ4v) is 1.78. The van der Waals surface area contributed by atoms with Crippen LogP contribution in [-0.2, 0) is 9.53 Å². The third-order valence-corrected chi connectivity index (χ3v) is 2.52. The van der Waals surface area contributed by atoms with E-state index in [4.69, 9.17) is 4.74 Å². The zero-order valence-corrected chi connectivity index (χ0v) is 8.89. The molecule has 0 saturated heterocycles. The topological polar surface area (TPSA) is 26.3 Å². The van der Waals surface area contributed by atoms with Gasteiger partial charge in [-0.25, -0.2) is 0 Å². The minimum atomic E-state index is -0.0961. The predicted molar refractivity (Wildman–Crippen MR) is 52.3 cm³/mol. The van der Waals surface area contributed by atoms with Gasteiger partial charge in [0.1, 0.15) is 6.10 Å². The molecule has 1 rings (SSSR count). The van der Waals surface area contributed by atoms with E-state index >= 15 is 0 Å². The summed E-state index contributed by atoms with van der Waals surface area (Å²) in [5, 5.41) is 0. The molecule has 0 fully saturated rings. The van der Waals surface area contributed by atoms with Gasteiger partial charge in [0, 0.05) is 18.3 Å². The van der Waals surface area contributed by atoms with Crippen molar-refractivity contribution in [3.05, 3.63) is 11.6 Å². The van der Waals surface area contributed by atoms with Gasteiger partial charge < -0.3 is 4.74 Å². The number of carbonyl (C=O) groups excluding carboxylic acids is 1. The van der Waals surface area contributed by atoms with Crippen LogP contribution in [0.1, 0.15) is 40.5 Å². The lowest BCUT2D eigenvalue weighted by atomic mass is 9.90. The molecule has 1 aliphatic rings. The van der Waals surface area contributed by atoms with Gasteiger partial charge in [0.2, 0.25) is 0 Å². The first-order valence-electron chi connectivity index (χ1n) is 4.83. The first-order valence-corrected chi connectivity index (χ1v) is 4.83. The molecule has 0 spiro atoms. The highest BCUT2D eigenvalue weighted by Gasteiger charge is 2.35. The first-order chi connectivity index (χ1) is 5.95. The number of rotatable bonds is 2. The molecule has 13 heavy (non-hydrogen) atoms. The van der Waals surface area contributed by atoms with Crippen LogP contribution in [0.5, 0.6) is 0 Å². The molecule has 0 radical (unpaired) electrons. The van der Waals surface area contributed by atoms with Crippen molar-refractivity contribution in [2.75, 3.05) is 0 Å². The molecular formula is C11H18O2. The van der Waals surface area contributed by atoms with E-state index in [0.29, 0.717) is 6.42 Å². The summed E-state index contributed by atoms with van der Waals surface area (Å²) < 4.78 is 5.36. The lowest BCUT2D eigenvalue weighted by molar-refractivity contribution is -0.152. The molecule has 0 aromatic heterocycles. The van der Waals surface area contributed by atoms with Crippen molar-refractivity contribution in [1.29, 1.82) is 0 Å². The minimum Gasteiger partial charge on any atom is -0.461 e. The fraction of sp³-hybridized carbons (Fsp3) is 0.727. The number of esters is 1. The molecule has 0 aromatic rings. The van der Waals surface area contributed by atoms with Gasteiger partial charge in [-0.05, 0) is 6.92 Å². The molecule has 0 aromatic carbocycles. The second-order valence-electron chi connectivity index (χ2n) is 4.35. The number of carbonyl (C=O) groups is 1. The van der Waals surface area contributed by atoms with Crippen molar-refractivity contribution in [2.45, 2.75) is 46.6 Å². The maximum absolute atomic E-state index is 11.1. The van der Waals surface area contributed by atoms with E-state index in [1.54, 1.807) is 0 Å². The molecule has 74 valence electrons. The second-order valence-corrected chi connectivity index (χ2v) is 4.35. The van der Waals surface area contributed by atoms with Crippen molar-refractivity contribution in [3.8, 4) is 0 Å². The smallest absolute Gasteiger partial charge is 0.305 e. The Balaban J connectivity index is 2.60. The average molecular weight is 182 g/mol. The molecular weight excluding hydrogens is 164 g/mol. The number of hydrogen-bond acceptors (Lipinski definition) is 2. The van der Waals surface area contributed by atoms with Crippen molar-refractivity contribution >= 4 is 5.97 Å². The van der Waals surface area contributed by atoms with Gasteiger partial charge >= 0.3 is 5.97 Å². The summed E-state index contributed by atoms with van der Waals surface area (Å²) in [7, 11) is 0. The lowest BCUT2D eigenvalue weighted by Gasteiger charge is -2.25. The summed E-state index contributed by atoms with van der Waals surface area (Å²) in [5.41, 5.74) is 1.33. The largest absolute Gasteiger partial charge is 0.461 e. The van der Waals surface area contributed by atoms with E-state index < -0.39 is 0 Å². The monoisotopic (exact) mass is 182 g/mol. The summed E-state index contributed by atoms with van der Waals surface area (Å²) in [4.78, 5) is 11.1. The van der Waals surface area contributed by atoms with E-state index in [1.165, 1.54) is 5.57 Å². The molecule has 0 heterocycles. The third-order valence-electron chi connectivity index (χ3n) is 2.52. The summed E-state index contributed by atoms with van der Waals surface area (Å²) in [6.45, 7) is 8.13. The maximum Gasteiger partial charge on any atom is 0.305 e. The zero-order chi connectivity index (χ0) is 10.1. The van der Waals surface area contributed by atoms with Gasteiger partial charge in [-0.2, -0.15) is 0 Å². The Bertz CT molecular complexity index is 238. The molecule has 0 bridgehead atoms. The minimum absolute atomic E-state index is 0.00884. The molecule has 0 amide bonds. The highest BCUT2D eigenvalue weighted by molar-refractivity contribution is 5.69. The second kappa shape index (κ2) is 3.52. The van der Waals surface area contributed by atoms with Crippen LogP contribution >= 0.6 is 0 Å². The SMILES string of the molecule is CCC(=O)OC1CC(C)=CC1(C)C. The number of hydrogen-bond donors (Lipinski definition) is 0. The van der Waals surface area contributed by atoms with Crippen molar-refractivity contribution in [1.82, 2.24) is 0 Å². The molecule has 0 N–H and O–H groups in total. The standard InChI is InChI=1S/C11H18O2/c1-5-10(12)13-9-6-8(2)7-11(9,3)4/h7,9H,5-6H2,1-4H3. The Morgan fingerprint density at radius 3 is 2.69 bits per heavy atom. The molecule has 1 unspecified atom stereocenters. The van der Waals surface area contributed by atoms with Crippen LogP contribution in [0.4, 0.5) is 0 Å². The van der Waals surface area contributed by atoms with Gasteiger partial charge in [0.25, 0.3) is 0 Å². The quantitative estimate of drug-likeness (QED) is 0.485. The lowest BCUT2D eigenvalue weighted by Crippen LogP contribution is -2.28. The van der Waals surface area contributed by atoms with E-state index in [0.717, 1.165) is 6.42 Å². The molecule has 2 nitrogen and oxygen atoms in total. The van der Waals surface area contributed by atoms with Crippen LogP contribution in [0.25, 0.3) is 0 Å². The third kappa shape index (κ3) is 2.33. The number of ether oxygens (including phenoxy) is 1. The van der Waals surface area contributed by atoms with Gasteiger partial charge in [-0.15, -0.1) is 0 Å². The van der Waals surface area contributed by atoms with Crippen LogP contribution in [0.3, 0.4) is 0 Å². The van der Waals surface area contributed by atoms with Crippen molar-refractivity contribution < 1.29 is 9.53 Å². The van der Waals surface area contributed by atoms with E-state index in [2.05, 4.69) is 26.8 Å². The van der Waals surface area contributed by atoms with Crippen LogP contribution in [0.2, 0.25) is 0 Å². The van der Waals surface area contributed by atoms with Crippen molar-refractivity contribution in [2.24, 2.45) is 5.41 Å². The first kappa shape index (κ1) is 10.3.